The molecule has 1 atom stereocenters. The minimum absolute atomic E-state index is 0.0399. The van der Waals surface area contributed by atoms with Crippen LogP contribution in [0, 0.1) is 5.92 Å². The molecule has 2 aromatic heterocycles. The molecule has 0 fully saturated rings. The van der Waals surface area contributed by atoms with Crippen LogP contribution in [-0.4, -0.2) is 33.7 Å². The molecular formula is C13H17ClN4O2. The topological polar surface area (TPSA) is 78.7 Å². The maximum absolute atomic E-state index is 11.5. The number of rotatable bonds is 5. The normalized spacial score (nSPS) is 12.3. The number of fused-ring (bicyclic) bond motifs is 1. The number of nitrogens with zero attached hydrogens (tertiary/aromatic N) is 2. The average molecular weight is 297 g/mol. The summed E-state index contributed by atoms with van der Waals surface area (Å²) < 4.78 is 1.81. The number of aromatic nitrogens is 2. The summed E-state index contributed by atoms with van der Waals surface area (Å²) in [5.41, 5.74) is 1.53. The predicted octanol–water partition coefficient (Wildman–Crippen LogP) is 1.42. The number of aliphatic hydroxyl groups excluding tert-OH is 1. The van der Waals surface area contributed by atoms with Crippen molar-refractivity contribution in [2.45, 2.75) is 13.5 Å². The lowest BCUT2D eigenvalue weighted by molar-refractivity contribution is 0.221. The van der Waals surface area contributed by atoms with E-state index in [1.807, 2.05) is 23.6 Å². The number of aliphatic hydroxyl groups is 1. The molecule has 0 bridgehead atoms. The van der Waals surface area contributed by atoms with Gasteiger partial charge in [-0.2, -0.15) is 0 Å². The second-order valence-corrected chi connectivity index (χ2v) is 5.13. The van der Waals surface area contributed by atoms with E-state index in [1.54, 1.807) is 12.3 Å². The molecule has 20 heavy (non-hydrogen) atoms. The lowest BCUT2D eigenvalue weighted by atomic mass is 10.2. The van der Waals surface area contributed by atoms with Crippen LogP contribution >= 0.6 is 11.6 Å². The van der Waals surface area contributed by atoms with Crippen LogP contribution in [0.15, 0.2) is 24.5 Å². The molecule has 0 spiro atoms. The lowest BCUT2D eigenvalue weighted by Crippen LogP contribution is -2.38. The molecule has 0 saturated heterocycles. The summed E-state index contributed by atoms with van der Waals surface area (Å²) >= 11 is 5.89. The summed E-state index contributed by atoms with van der Waals surface area (Å²) in [7, 11) is 0. The SMILES string of the molecule is CC(CO)CNC(=O)NCc1cn2cc(Cl)ccc2n1. The molecule has 0 saturated carbocycles. The van der Waals surface area contributed by atoms with Gasteiger partial charge in [0.05, 0.1) is 17.3 Å². The van der Waals surface area contributed by atoms with Gasteiger partial charge in [-0.15, -0.1) is 0 Å². The zero-order valence-corrected chi connectivity index (χ0v) is 11.9. The Balaban J connectivity index is 1.87. The second kappa shape index (κ2) is 6.58. The number of hydrogen-bond donors (Lipinski definition) is 3. The maximum Gasteiger partial charge on any atom is 0.315 e. The van der Waals surface area contributed by atoms with E-state index in [1.165, 1.54) is 0 Å². The Kier molecular flexibility index (Phi) is 4.81. The Bertz CT molecular complexity index is 599. The summed E-state index contributed by atoms with van der Waals surface area (Å²) in [6.07, 6.45) is 3.58. The predicted molar refractivity (Wildman–Crippen MR) is 76.7 cm³/mol. The highest BCUT2D eigenvalue weighted by Gasteiger charge is 2.06. The first-order valence-corrected chi connectivity index (χ1v) is 6.72. The first kappa shape index (κ1) is 14.6. The molecule has 2 amide bonds. The molecule has 1 unspecified atom stereocenters. The van der Waals surface area contributed by atoms with Crippen LogP contribution in [0.4, 0.5) is 4.79 Å². The van der Waals surface area contributed by atoms with Crippen molar-refractivity contribution in [1.82, 2.24) is 20.0 Å². The highest BCUT2D eigenvalue weighted by molar-refractivity contribution is 6.30. The van der Waals surface area contributed by atoms with Crippen LogP contribution in [0.25, 0.3) is 5.65 Å². The van der Waals surface area contributed by atoms with E-state index in [4.69, 9.17) is 16.7 Å². The van der Waals surface area contributed by atoms with E-state index in [-0.39, 0.29) is 18.6 Å². The fourth-order valence-electron chi connectivity index (χ4n) is 1.67. The summed E-state index contributed by atoms with van der Waals surface area (Å²) in [6.45, 7) is 2.67. The number of halogens is 1. The van der Waals surface area contributed by atoms with Gasteiger partial charge in [-0.25, -0.2) is 9.78 Å². The van der Waals surface area contributed by atoms with E-state index < -0.39 is 0 Å². The first-order valence-electron chi connectivity index (χ1n) is 6.34. The summed E-state index contributed by atoms with van der Waals surface area (Å²) in [5.74, 6) is 0.0399. The van der Waals surface area contributed by atoms with Crippen LogP contribution in [-0.2, 0) is 6.54 Å². The number of nitrogens with one attached hydrogen (secondary N) is 2. The molecular weight excluding hydrogens is 280 g/mol. The highest BCUT2D eigenvalue weighted by Crippen LogP contribution is 2.11. The zero-order valence-electron chi connectivity index (χ0n) is 11.1. The van der Waals surface area contributed by atoms with Gasteiger partial charge in [-0.1, -0.05) is 18.5 Å². The summed E-state index contributed by atoms with van der Waals surface area (Å²) in [5, 5.41) is 14.9. The third-order valence-corrected chi connectivity index (χ3v) is 3.04. The van der Waals surface area contributed by atoms with Crippen molar-refractivity contribution in [2.75, 3.05) is 13.2 Å². The molecule has 108 valence electrons. The van der Waals surface area contributed by atoms with Gasteiger partial charge in [0.15, 0.2) is 0 Å². The van der Waals surface area contributed by atoms with E-state index in [2.05, 4.69) is 15.6 Å². The van der Waals surface area contributed by atoms with E-state index in [0.717, 1.165) is 11.3 Å². The van der Waals surface area contributed by atoms with Crippen molar-refractivity contribution in [3.05, 3.63) is 35.2 Å². The zero-order chi connectivity index (χ0) is 14.5. The van der Waals surface area contributed by atoms with Gasteiger partial charge in [-0.05, 0) is 18.1 Å². The number of urea groups is 1. The number of carbonyl (C=O) groups excluding carboxylic acids is 1. The van der Waals surface area contributed by atoms with Gasteiger partial charge in [0.1, 0.15) is 5.65 Å². The van der Waals surface area contributed by atoms with Crippen molar-refractivity contribution < 1.29 is 9.90 Å². The highest BCUT2D eigenvalue weighted by atomic mass is 35.5. The number of pyridine rings is 1. The number of imidazole rings is 1. The minimum atomic E-state index is -0.277. The Hall–Kier alpha value is -1.79. The standard InChI is InChI=1S/C13H17ClN4O2/c1-9(8-19)4-15-13(20)16-5-11-7-18-6-10(14)2-3-12(18)17-11/h2-3,6-7,9,19H,4-5,8H2,1H3,(H2,15,16,20). The van der Waals surface area contributed by atoms with E-state index in [9.17, 15) is 4.79 Å². The Morgan fingerprint density at radius 1 is 1.45 bits per heavy atom. The van der Waals surface area contributed by atoms with Crippen LogP contribution in [0.2, 0.25) is 5.02 Å². The van der Waals surface area contributed by atoms with E-state index in [0.29, 0.717) is 18.1 Å². The van der Waals surface area contributed by atoms with E-state index >= 15 is 0 Å². The Labute approximate surface area is 121 Å². The van der Waals surface area contributed by atoms with Crippen LogP contribution in [0.1, 0.15) is 12.6 Å². The smallest absolute Gasteiger partial charge is 0.315 e. The van der Waals surface area contributed by atoms with Crippen LogP contribution in [0.3, 0.4) is 0 Å². The molecule has 2 rings (SSSR count). The molecule has 0 aromatic carbocycles. The summed E-state index contributed by atoms with van der Waals surface area (Å²) in [6, 6.07) is 3.30. The molecule has 0 aliphatic heterocycles. The molecule has 0 aliphatic rings. The van der Waals surface area contributed by atoms with Crippen molar-refractivity contribution >= 4 is 23.3 Å². The molecule has 3 N–H and O–H groups in total. The summed E-state index contributed by atoms with van der Waals surface area (Å²) in [4.78, 5) is 15.9. The largest absolute Gasteiger partial charge is 0.396 e. The van der Waals surface area contributed by atoms with Gasteiger partial charge >= 0.3 is 6.03 Å². The molecule has 2 aromatic rings. The average Bonchev–Trinajstić information content (AvgIpc) is 2.84. The number of hydrogen-bond acceptors (Lipinski definition) is 3. The van der Waals surface area contributed by atoms with Gasteiger partial charge in [0.2, 0.25) is 0 Å². The van der Waals surface area contributed by atoms with Crippen LogP contribution in [0.5, 0.6) is 0 Å². The van der Waals surface area contributed by atoms with Crippen molar-refractivity contribution in [3.63, 3.8) is 0 Å². The van der Waals surface area contributed by atoms with Crippen molar-refractivity contribution in [3.8, 4) is 0 Å². The molecule has 0 aliphatic carbocycles. The monoisotopic (exact) mass is 296 g/mol. The first-order chi connectivity index (χ1) is 9.58. The molecule has 6 nitrogen and oxygen atoms in total. The van der Waals surface area contributed by atoms with Crippen molar-refractivity contribution in [1.29, 1.82) is 0 Å². The fraction of sp³-hybridized carbons (Fsp3) is 0.385. The molecule has 2 heterocycles. The van der Waals surface area contributed by atoms with Crippen molar-refractivity contribution in [2.24, 2.45) is 5.92 Å². The maximum atomic E-state index is 11.5. The van der Waals surface area contributed by atoms with Gasteiger partial charge in [0.25, 0.3) is 0 Å². The van der Waals surface area contributed by atoms with Crippen LogP contribution < -0.4 is 10.6 Å². The van der Waals surface area contributed by atoms with Gasteiger partial charge < -0.3 is 20.1 Å². The third kappa shape index (κ3) is 3.85. The lowest BCUT2D eigenvalue weighted by Gasteiger charge is -2.09. The van der Waals surface area contributed by atoms with Gasteiger partial charge in [0, 0.05) is 25.5 Å². The Morgan fingerprint density at radius 3 is 3.00 bits per heavy atom. The van der Waals surface area contributed by atoms with Gasteiger partial charge in [-0.3, -0.25) is 0 Å². The Morgan fingerprint density at radius 2 is 2.25 bits per heavy atom. The fourth-order valence-corrected chi connectivity index (χ4v) is 1.84. The number of amides is 2. The second-order valence-electron chi connectivity index (χ2n) is 4.70. The quantitative estimate of drug-likeness (QED) is 0.781. The third-order valence-electron chi connectivity index (χ3n) is 2.82. The molecule has 7 heteroatoms. The molecule has 0 radical (unpaired) electrons. The minimum Gasteiger partial charge on any atom is -0.396 e. The number of carbonyl (C=O) groups is 1.